The van der Waals surface area contributed by atoms with Crippen LogP contribution in [0.25, 0.3) is 0 Å². The maximum absolute atomic E-state index is 12.5. The fourth-order valence-corrected chi connectivity index (χ4v) is 4.48. The van der Waals surface area contributed by atoms with E-state index in [1.54, 1.807) is 36.0 Å². The molecule has 0 bridgehead atoms. The summed E-state index contributed by atoms with van der Waals surface area (Å²) in [5, 5.41) is 18.9. The van der Waals surface area contributed by atoms with E-state index in [0.29, 0.717) is 17.1 Å². The number of aliphatic hydroxyl groups is 1. The molecule has 2 fully saturated rings. The van der Waals surface area contributed by atoms with E-state index in [1.165, 1.54) is 4.90 Å². The molecule has 3 rings (SSSR count). The number of rotatable bonds is 5. The minimum atomic E-state index is -0.947. The normalized spacial score (nSPS) is 24.4. The van der Waals surface area contributed by atoms with Crippen LogP contribution in [-0.4, -0.2) is 52.6 Å². The molecular formula is C17H18N2O4S. The van der Waals surface area contributed by atoms with Gasteiger partial charge in [0.1, 0.15) is 18.5 Å². The fourth-order valence-electron chi connectivity index (χ4n) is 3.04. The van der Waals surface area contributed by atoms with Gasteiger partial charge in [0.25, 0.3) is 0 Å². The van der Waals surface area contributed by atoms with Crippen molar-refractivity contribution >= 4 is 23.6 Å². The van der Waals surface area contributed by atoms with Gasteiger partial charge in [-0.3, -0.25) is 14.5 Å². The van der Waals surface area contributed by atoms with Crippen LogP contribution in [0.5, 0.6) is 5.75 Å². The summed E-state index contributed by atoms with van der Waals surface area (Å²) in [5.74, 6) is 1.74. The Balaban J connectivity index is 1.54. The van der Waals surface area contributed by atoms with Gasteiger partial charge in [0.2, 0.25) is 11.8 Å². The summed E-state index contributed by atoms with van der Waals surface area (Å²) < 4.78 is 5.45. The second-order valence-electron chi connectivity index (χ2n) is 6.17. The number of carbonyl (C=O) groups is 2. The summed E-state index contributed by atoms with van der Waals surface area (Å²) in [4.78, 5) is 25.8. The van der Waals surface area contributed by atoms with Crippen LogP contribution >= 0.6 is 11.8 Å². The van der Waals surface area contributed by atoms with Crippen LogP contribution in [0.3, 0.4) is 0 Å². The van der Waals surface area contributed by atoms with E-state index in [4.69, 9.17) is 10.00 Å². The average Bonchev–Trinajstić information content (AvgIpc) is 3.14. The van der Waals surface area contributed by atoms with E-state index >= 15 is 0 Å². The molecule has 126 valence electrons. The predicted molar refractivity (Wildman–Crippen MR) is 88.4 cm³/mol. The van der Waals surface area contributed by atoms with Crippen molar-refractivity contribution in [2.24, 2.45) is 5.41 Å². The Morgan fingerprint density at radius 2 is 2.12 bits per heavy atom. The SMILES string of the molecule is N#Cc1ccc(OC[C@@H](O)CN2C(=O)C[C@@]3(CCSC3)C2=O)cc1. The number of amides is 2. The molecule has 0 unspecified atom stereocenters. The highest BCUT2D eigenvalue weighted by Crippen LogP contribution is 2.44. The van der Waals surface area contributed by atoms with Gasteiger partial charge in [0.05, 0.1) is 23.6 Å². The summed E-state index contributed by atoms with van der Waals surface area (Å²) in [6.45, 7) is -0.0644. The molecule has 2 aliphatic rings. The lowest BCUT2D eigenvalue weighted by Gasteiger charge is -2.22. The second-order valence-corrected chi connectivity index (χ2v) is 7.28. The maximum atomic E-state index is 12.5. The zero-order valence-electron chi connectivity index (χ0n) is 13.1. The van der Waals surface area contributed by atoms with Gasteiger partial charge in [-0.05, 0) is 36.4 Å². The van der Waals surface area contributed by atoms with Gasteiger partial charge in [0.15, 0.2) is 0 Å². The lowest BCUT2D eigenvalue weighted by atomic mass is 9.86. The van der Waals surface area contributed by atoms with Gasteiger partial charge in [0, 0.05) is 12.2 Å². The highest BCUT2D eigenvalue weighted by molar-refractivity contribution is 7.99. The van der Waals surface area contributed by atoms with E-state index < -0.39 is 11.5 Å². The number of β-amino-alcohol motifs (C(OH)–C–C–N with tert-alkyl or cyclic N) is 1. The number of likely N-dealkylation sites (tertiary alicyclic amines) is 1. The largest absolute Gasteiger partial charge is 0.491 e. The van der Waals surface area contributed by atoms with E-state index in [9.17, 15) is 14.7 Å². The summed E-state index contributed by atoms with van der Waals surface area (Å²) in [6, 6.07) is 8.54. The van der Waals surface area contributed by atoms with Crippen LogP contribution < -0.4 is 4.74 Å². The van der Waals surface area contributed by atoms with Crippen molar-refractivity contribution in [2.45, 2.75) is 18.9 Å². The van der Waals surface area contributed by atoms with E-state index in [1.807, 2.05) is 6.07 Å². The topological polar surface area (TPSA) is 90.6 Å². The third kappa shape index (κ3) is 3.25. The van der Waals surface area contributed by atoms with Crippen molar-refractivity contribution in [3.63, 3.8) is 0 Å². The molecule has 2 aliphatic heterocycles. The molecule has 0 radical (unpaired) electrons. The van der Waals surface area contributed by atoms with Gasteiger partial charge in [-0.1, -0.05) is 0 Å². The minimum absolute atomic E-state index is 0.0231. The Bertz CT molecular complexity index is 677. The number of hydrogen-bond donors (Lipinski definition) is 1. The van der Waals surface area contributed by atoms with Crippen LogP contribution in [-0.2, 0) is 9.59 Å². The Morgan fingerprint density at radius 1 is 1.38 bits per heavy atom. The van der Waals surface area contributed by atoms with Gasteiger partial charge >= 0.3 is 0 Å². The number of imide groups is 1. The van der Waals surface area contributed by atoms with Crippen LogP contribution in [0.15, 0.2) is 24.3 Å². The van der Waals surface area contributed by atoms with Crippen LogP contribution in [0.1, 0.15) is 18.4 Å². The lowest BCUT2D eigenvalue weighted by molar-refractivity contribution is -0.142. The van der Waals surface area contributed by atoms with Crippen molar-refractivity contribution < 1.29 is 19.4 Å². The predicted octanol–water partition coefficient (Wildman–Crippen LogP) is 1.18. The molecule has 0 aliphatic carbocycles. The summed E-state index contributed by atoms with van der Waals surface area (Å²) in [5.41, 5.74) is -0.0222. The first-order valence-electron chi connectivity index (χ1n) is 7.78. The molecule has 7 heteroatoms. The quantitative estimate of drug-likeness (QED) is 0.805. The van der Waals surface area contributed by atoms with Crippen molar-refractivity contribution in [3.05, 3.63) is 29.8 Å². The highest BCUT2D eigenvalue weighted by atomic mass is 32.2. The molecule has 2 heterocycles. The summed E-state index contributed by atoms with van der Waals surface area (Å²) in [6.07, 6.45) is 0.0382. The lowest BCUT2D eigenvalue weighted by Crippen LogP contribution is -2.41. The standard InChI is InChI=1S/C17H18N2O4S/c18-8-12-1-3-14(4-2-12)23-10-13(20)9-19-15(21)7-17(16(19)22)5-6-24-11-17/h1-4,13,20H,5-7,9-11H2/t13-,17+/m0/s1. The second kappa shape index (κ2) is 6.83. The molecule has 1 aromatic carbocycles. The number of nitriles is 1. The number of aliphatic hydroxyl groups excluding tert-OH is 1. The molecule has 2 atom stereocenters. The molecule has 0 aromatic heterocycles. The number of benzene rings is 1. The Kier molecular flexibility index (Phi) is 4.78. The third-order valence-corrected chi connectivity index (χ3v) is 5.66. The molecule has 2 amide bonds. The van der Waals surface area contributed by atoms with Crippen molar-refractivity contribution in [1.82, 2.24) is 4.90 Å². The average molecular weight is 346 g/mol. The van der Waals surface area contributed by atoms with Crippen molar-refractivity contribution in [1.29, 1.82) is 5.26 Å². The molecule has 1 N–H and O–H groups in total. The first-order chi connectivity index (χ1) is 11.5. The summed E-state index contributed by atoms with van der Waals surface area (Å²) >= 11 is 1.70. The van der Waals surface area contributed by atoms with Crippen LogP contribution in [0.4, 0.5) is 0 Å². The monoisotopic (exact) mass is 346 g/mol. The van der Waals surface area contributed by atoms with Gasteiger partial charge in [-0.15, -0.1) is 0 Å². The number of hydrogen-bond acceptors (Lipinski definition) is 6. The molecular weight excluding hydrogens is 328 g/mol. The molecule has 1 aromatic rings. The molecule has 2 saturated heterocycles. The van der Waals surface area contributed by atoms with E-state index in [2.05, 4.69) is 0 Å². The number of nitrogens with zero attached hydrogens (tertiary/aromatic N) is 2. The van der Waals surface area contributed by atoms with Gasteiger partial charge < -0.3 is 9.84 Å². The smallest absolute Gasteiger partial charge is 0.236 e. The third-order valence-electron chi connectivity index (χ3n) is 4.41. The van der Waals surface area contributed by atoms with Gasteiger partial charge in [-0.25, -0.2) is 0 Å². The number of thioether (sulfide) groups is 1. The summed E-state index contributed by atoms with van der Waals surface area (Å²) in [7, 11) is 0. The Labute approximate surface area is 144 Å². The fraction of sp³-hybridized carbons (Fsp3) is 0.471. The van der Waals surface area contributed by atoms with E-state index in [-0.39, 0.29) is 31.4 Å². The Hall–Kier alpha value is -2.04. The van der Waals surface area contributed by atoms with Crippen LogP contribution in [0.2, 0.25) is 0 Å². The zero-order valence-corrected chi connectivity index (χ0v) is 13.9. The molecule has 6 nitrogen and oxygen atoms in total. The van der Waals surface area contributed by atoms with Crippen molar-refractivity contribution in [2.75, 3.05) is 24.7 Å². The van der Waals surface area contributed by atoms with E-state index in [0.717, 1.165) is 12.2 Å². The Morgan fingerprint density at radius 3 is 2.75 bits per heavy atom. The maximum Gasteiger partial charge on any atom is 0.236 e. The first-order valence-corrected chi connectivity index (χ1v) is 8.93. The molecule has 1 spiro atoms. The highest BCUT2D eigenvalue weighted by Gasteiger charge is 2.53. The number of carbonyl (C=O) groups excluding carboxylic acids is 2. The number of ether oxygens (including phenoxy) is 1. The first kappa shape index (κ1) is 16.8. The molecule has 0 saturated carbocycles. The zero-order chi connectivity index (χ0) is 17.2. The van der Waals surface area contributed by atoms with Crippen molar-refractivity contribution in [3.8, 4) is 11.8 Å². The molecule has 24 heavy (non-hydrogen) atoms. The van der Waals surface area contributed by atoms with Gasteiger partial charge in [-0.2, -0.15) is 17.0 Å². The minimum Gasteiger partial charge on any atom is -0.491 e. The van der Waals surface area contributed by atoms with Crippen LogP contribution in [0, 0.1) is 16.7 Å².